The predicted molar refractivity (Wildman–Crippen MR) is 64.6 cm³/mol. The van der Waals surface area contributed by atoms with Crippen molar-refractivity contribution < 1.29 is 14.3 Å². The molecule has 1 aromatic carbocycles. The van der Waals surface area contributed by atoms with Crippen molar-refractivity contribution >= 4 is 17.5 Å². The van der Waals surface area contributed by atoms with Gasteiger partial charge < -0.3 is 10.4 Å². The van der Waals surface area contributed by atoms with E-state index >= 15 is 0 Å². The summed E-state index contributed by atoms with van der Waals surface area (Å²) in [6.07, 6.45) is 0. The summed E-state index contributed by atoms with van der Waals surface area (Å²) in [6.45, 7) is 3.51. The first kappa shape index (κ1) is 13.9. The van der Waals surface area contributed by atoms with Gasteiger partial charge in [-0.2, -0.15) is 0 Å². The smallest absolute Gasteiger partial charge is 0.254 e. The SMILES string of the molecule is CC(CO)C(C)NC(=O)c1ccc(Cl)cc1F. The van der Waals surface area contributed by atoms with E-state index in [0.717, 1.165) is 6.07 Å². The van der Waals surface area contributed by atoms with Crippen LogP contribution in [0.1, 0.15) is 24.2 Å². The van der Waals surface area contributed by atoms with Crippen molar-refractivity contribution in [3.8, 4) is 0 Å². The molecule has 1 amide bonds. The fourth-order valence-electron chi connectivity index (χ4n) is 1.26. The molecule has 2 atom stereocenters. The number of aliphatic hydroxyl groups excluding tert-OH is 1. The monoisotopic (exact) mass is 259 g/mol. The highest BCUT2D eigenvalue weighted by Gasteiger charge is 2.17. The van der Waals surface area contributed by atoms with Gasteiger partial charge in [-0.25, -0.2) is 4.39 Å². The lowest BCUT2D eigenvalue weighted by molar-refractivity contribution is 0.0912. The minimum atomic E-state index is -0.654. The Kier molecular flexibility index (Phi) is 4.90. The molecule has 0 radical (unpaired) electrons. The lowest BCUT2D eigenvalue weighted by atomic mass is 10.0. The quantitative estimate of drug-likeness (QED) is 0.871. The minimum Gasteiger partial charge on any atom is -0.396 e. The molecule has 0 aromatic heterocycles. The summed E-state index contributed by atoms with van der Waals surface area (Å²) in [5, 5.41) is 11.8. The van der Waals surface area contributed by atoms with Gasteiger partial charge in [0.2, 0.25) is 0 Å². The zero-order chi connectivity index (χ0) is 13.0. The molecule has 0 fully saturated rings. The zero-order valence-electron chi connectivity index (χ0n) is 9.71. The van der Waals surface area contributed by atoms with E-state index in [1.807, 2.05) is 0 Å². The van der Waals surface area contributed by atoms with Crippen LogP contribution in [0.25, 0.3) is 0 Å². The van der Waals surface area contributed by atoms with E-state index in [1.165, 1.54) is 12.1 Å². The summed E-state index contributed by atoms with van der Waals surface area (Å²) >= 11 is 5.60. The first-order valence-electron chi connectivity index (χ1n) is 5.32. The maximum absolute atomic E-state index is 13.4. The molecule has 94 valence electrons. The van der Waals surface area contributed by atoms with Crippen LogP contribution in [-0.2, 0) is 0 Å². The molecule has 0 saturated carbocycles. The van der Waals surface area contributed by atoms with Gasteiger partial charge in [-0.1, -0.05) is 18.5 Å². The van der Waals surface area contributed by atoms with E-state index in [4.69, 9.17) is 16.7 Å². The Labute approximate surface area is 105 Å². The van der Waals surface area contributed by atoms with Crippen LogP contribution in [0.5, 0.6) is 0 Å². The van der Waals surface area contributed by atoms with Crippen LogP contribution < -0.4 is 5.32 Å². The topological polar surface area (TPSA) is 49.3 Å². The molecule has 0 aliphatic heterocycles. The van der Waals surface area contributed by atoms with Crippen molar-refractivity contribution in [1.29, 1.82) is 0 Å². The fourth-order valence-corrected chi connectivity index (χ4v) is 1.42. The van der Waals surface area contributed by atoms with Crippen LogP contribution in [0, 0.1) is 11.7 Å². The Morgan fingerprint density at radius 1 is 1.53 bits per heavy atom. The lowest BCUT2D eigenvalue weighted by Gasteiger charge is -2.19. The average Bonchev–Trinajstić information content (AvgIpc) is 2.27. The molecule has 0 heterocycles. The Bertz CT molecular complexity index is 411. The highest BCUT2D eigenvalue weighted by molar-refractivity contribution is 6.30. The number of halogens is 2. The van der Waals surface area contributed by atoms with Crippen LogP contribution >= 0.6 is 11.6 Å². The average molecular weight is 260 g/mol. The summed E-state index contributed by atoms with van der Waals surface area (Å²) in [5.41, 5.74) is -0.0496. The molecule has 1 aromatic rings. The maximum atomic E-state index is 13.4. The molecule has 0 spiro atoms. The number of carbonyl (C=O) groups excluding carboxylic acids is 1. The fraction of sp³-hybridized carbons (Fsp3) is 0.417. The molecule has 0 bridgehead atoms. The zero-order valence-corrected chi connectivity index (χ0v) is 10.5. The van der Waals surface area contributed by atoms with Crippen molar-refractivity contribution in [2.24, 2.45) is 5.92 Å². The highest BCUT2D eigenvalue weighted by atomic mass is 35.5. The number of hydrogen-bond acceptors (Lipinski definition) is 2. The molecule has 0 aliphatic carbocycles. The summed E-state index contributed by atoms with van der Waals surface area (Å²) < 4.78 is 13.4. The molecule has 2 unspecified atom stereocenters. The van der Waals surface area contributed by atoms with E-state index < -0.39 is 11.7 Å². The van der Waals surface area contributed by atoms with Crippen molar-refractivity contribution in [3.05, 3.63) is 34.6 Å². The number of benzene rings is 1. The van der Waals surface area contributed by atoms with Gasteiger partial charge in [0, 0.05) is 17.7 Å². The van der Waals surface area contributed by atoms with Gasteiger partial charge in [0.15, 0.2) is 0 Å². The summed E-state index contributed by atoms with van der Waals surface area (Å²) in [7, 11) is 0. The van der Waals surface area contributed by atoms with Gasteiger partial charge in [0.05, 0.1) is 5.56 Å². The van der Waals surface area contributed by atoms with Gasteiger partial charge in [-0.3, -0.25) is 4.79 Å². The lowest BCUT2D eigenvalue weighted by Crippen LogP contribution is -2.38. The van der Waals surface area contributed by atoms with Crippen LogP contribution in [0.15, 0.2) is 18.2 Å². The molecule has 0 saturated heterocycles. The van der Waals surface area contributed by atoms with Gasteiger partial charge in [-0.05, 0) is 31.0 Å². The number of carbonyl (C=O) groups is 1. The third kappa shape index (κ3) is 3.68. The first-order valence-corrected chi connectivity index (χ1v) is 5.70. The second kappa shape index (κ2) is 5.98. The molecule has 17 heavy (non-hydrogen) atoms. The number of amides is 1. The van der Waals surface area contributed by atoms with Gasteiger partial charge >= 0.3 is 0 Å². The number of rotatable bonds is 4. The van der Waals surface area contributed by atoms with Crippen molar-refractivity contribution in [2.75, 3.05) is 6.61 Å². The maximum Gasteiger partial charge on any atom is 0.254 e. The van der Waals surface area contributed by atoms with Crippen LogP contribution in [0.2, 0.25) is 5.02 Å². The summed E-state index contributed by atoms with van der Waals surface area (Å²) in [5.74, 6) is -1.25. The Balaban J connectivity index is 2.76. The van der Waals surface area contributed by atoms with Gasteiger partial charge in [0.25, 0.3) is 5.91 Å². The Morgan fingerprint density at radius 2 is 2.18 bits per heavy atom. The molecule has 0 aliphatic rings. The second-order valence-corrected chi connectivity index (χ2v) is 4.48. The minimum absolute atomic E-state index is 0.0372. The molecule has 1 rings (SSSR count). The molecular formula is C12H15ClFNO2. The van der Waals surface area contributed by atoms with E-state index in [-0.39, 0.29) is 29.2 Å². The number of aliphatic hydroxyl groups is 1. The molecule has 2 N–H and O–H groups in total. The third-order valence-corrected chi connectivity index (χ3v) is 2.91. The van der Waals surface area contributed by atoms with E-state index in [9.17, 15) is 9.18 Å². The molecular weight excluding hydrogens is 245 g/mol. The van der Waals surface area contributed by atoms with Crippen LogP contribution in [0.3, 0.4) is 0 Å². The molecule has 5 heteroatoms. The third-order valence-electron chi connectivity index (χ3n) is 2.68. The highest BCUT2D eigenvalue weighted by Crippen LogP contribution is 2.15. The Morgan fingerprint density at radius 3 is 2.71 bits per heavy atom. The first-order chi connectivity index (χ1) is 7.95. The van der Waals surface area contributed by atoms with Crippen molar-refractivity contribution in [1.82, 2.24) is 5.32 Å². The number of hydrogen-bond donors (Lipinski definition) is 2. The van der Waals surface area contributed by atoms with E-state index in [1.54, 1.807) is 13.8 Å². The van der Waals surface area contributed by atoms with E-state index in [2.05, 4.69) is 5.32 Å². The molecule has 3 nitrogen and oxygen atoms in total. The van der Waals surface area contributed by atoms with Crippen LogP contribution in [0.4, 0.5) is 4.39 Å². The standard InChI is InChI=1S/C12H15ClFNO2/c1-7(6-16)8(2)15-12(17)10-4-3-9(13)5-11(10)14/h3-5,7-8,16H,6H2,1-2H3,(H,15,17). The predicted octanol–water partition coefficient (Wildman–Crippen LogP) is 2.23. The van der Waals surface area contributed by atoms with Crippen molar-refractivity contribution in [2.45, 2.75) is 19.9 Å². The summed E-state index contributed by atoms with van der Waals surface area (Å²) in [6, 6.07) is 3.65. The Hall–Kier alpha value is -1.13. The van der Waals surface area contributed by atoms with Gasteiger partial charge in [-0.15, -0.1) is 0 Å². The second-order valence-electron chi connectivity index (χ2n) is 4.05. The van der Waals surface area contributed by atoms with E-state index in [0.29, 0.717) is 0 Å². The largest absolute Gasteiger partial charge is 0.396 e. The van der Waals surface area contributed by atoms with Gasteiger partial charge in [0.1, 0.15) is 5.82 Å². The van der Waals surface area contributed by atoms with Crippen LogP contribution in [-0.4, -0.2) is 23.7 Å². The number of nitrogens with one attached hydrogen (secondary N) is 1. The summed E-state index contributed by atoms with van der Waals surface area (Å²) in [4.78, 5) is 11.7. The normalized spacial score (nSPS) is 14.2. The van der Waals surface area contributed by atoms with Crippen molar-refractivity contribution in [3.63, 3.8) is 0 Å².